The van der Waals surface area contributed by atoms with Crippen LogP contribution >= 0.6 is 12.6 Å². The van der Waals surface area contributed by atoms with E-state index in [2.05, 4.69) is 66.4 Å². The van der Waals surface area contributed by atoms with Gasteiger partial charge in [0.25, 0.3) is 5.91 Å². The fourth-order valence-electron chi connectivity index (χ4n) is 4.42. The Bertz CT molecular complexity index is 937. The van der Waals surface area contributed by atoms with E-state index >= 15 is 0 Å². The molecule has 1 aromatic heterocycles. The van der Waals surface area contributed by atoms with E-state index in [4.69, 9.17) is 0 Å². The lowest BCUT2D eigenvalue weighted by molar-refractivity contribution is 0.0680. The van der Waals surface area contributed by atoms with Gasteiger partial charge in [0, 0.05) is 37.1 Å². The second kappa shape index (κ2) is 14.1. The van der Waals surface area contributed by atoms with Crippen LogP contribution in [0.5, 0.6) is 0 Å². The Hall–Kier alpha value is -2.28. The van der Waals surface area contributed by atoms with Crippen molar-refractivity contribution in [3.63, 3.8) is 0 Å². The molecule has 0 radical (unpaired) electrons. The first-order valence-electron chi connectivity index (χ1n) is 11.8. The van der Waals surface area contributed by atoms with Crippen LogP contribution in [0.25, 0.3) is 10.9 Å². The van der Waals surface area contributed by atoms with Gasteiger partial charge in [-0.1, -0.05) is 48.0 Å². The van der Waals surface area contributed by atoms with Crippen LogP contribution in [0, 0.1) is 12.8 Å². The maximum atomic E-state index is 13.1. The SMILES string of the molecule is CCN(CC1CCCN(Cc2ccc(C)cc2)C1)C(=O)c1cc2ccccc2[nH]1.CN.CS. The van der Waals surface area contributed by atoms with Gasteiger partial charge in [0.1, 0.15) is 5.69 Å². The third-order valence-corrected chi connectivity index (χ3v) is 6.04. The highest BCUT2D eigenvalue weighted by Crippen LogP contribution is 2.22. The number of hydrogen-bond acceptors (Lipinski definition) is 4. The third-order valence-electron chi connectivity index (χ3n) is 6.04. The smallest absolute Gasteiger partial charge is 0.270 e. The molecule has 0 spiro atoms. The fraction of sp³-hybridized carbons (Fsp3) is 0.444. The van der Waals surface area contributed by atoms with Crippen molar-refractivity contribution >= 4 is 29.4 Å². The number of piperidine rings is 1. The fourth-order valence-corrected chi connectivity index (χ4v) is 4.42. The molecule has 1 aliphatic rings. The van der Waals surface area contributed by atoms with Crippen LogP contribution in [0.4, 0.5) is 0 Å². The van der Waals surface area contributed by atoms with Crippen molar-refractivity contribution < 1.29 is 4.79 Å². The quantitative estimate of drug-likeness (QED) is 0.448. The third kappa shape index (κ3) is 7.63. The zero-order valence-electron chi connectivity index (χ0n) is 20.6. The topological polar surface area (TPSA) is 65.4 Å². The lowest BCUT2D eigenvalue weighted by Gasteiger charge is -2.35. The van der Waals surface area contributed by atoms with Gasteiger partial charge in [-0.25, -0.2) is 0 Å². The van der Waals surface area contributed by atoms with Crippen molar-refractivity contribution in [1.82, 2.24) is 14.8 Å². The zero-order chi connectivity index (χ0) is 24.2. The number of hydrogen-bond donors (Lipinski definition) is 3. The second-order valence-corrected chi connectivity index (χ2v) is 8.34. The highest BCUT2D eigenvalue weighted by atomic mass is 32.1. The van der Waals surface area contributed by atoms with Crippen LogP contribution in [0.1, 0.15) is 41.4 Å². The molecule has 3 aromatic rings. The minimum atomic E-state index is 0.111. The normalized spacial score (nSPS) is 15.8. The van der Waals surface area contributed by atoms with Gasteiger partial charge in [-0.05, 0) is 70.2 Å². The maximum Gasteiger partial charge on any atom is 0.270 e. The number of thiol groups is 1. The summed E-state index contributed by atoms with van der Waals surface area (Å²) in [5, 5.41) is 1.09. The number of aromatic amines is 1. The van der Waals surface area contributed by atoms with Gasteiger partial charge in [0.05, 0.1) is 0 Å². The van der Waals surface area contributed by atoms with Crippen molar-refractivity contribution in [3.05, 3.63) is 71.4 Å². The number of likely N-dealkylation sites (tertiary alicyclic amines) is 1. The summed E-state index contributed by atoms with van der Waals surface area (Å²) in [6.07, 6.45) is 4.09. The molecule has 1 fully saturated rings. The van der Waals surface area contributed by atoms with Crippen molar-refractivity contribution in [2.24, 2.45) is 11.7 Å². The first-order chi connectivity index (χ1) is 16.1. The molecular formula is C27H40N4OS. The number of nitrogens with two attached hydrogens (primary N) is 1. The number of rotatable bonds is 6. The molecule has 0 aliphatic carbocycles. The number of amides is 1. The molecule has 2 aromatic carbocycles. The molecular weight excluding hydrogens is 428 g/mol. The maximum absolute atomic E-state index is 13.1. The minimum Gasteiger partial charge on any atom is -0.351 e. The zero-order valence-corrected chi connectivity index (χ0v) is 21.4. The summed E-state index contributed by atoms with van der Waals surface area (Å²) in [7, 11) is 1.50. The molecule has 0 bridgehead atoms. The standard InChI is InChI=1S/C25H31N3O.CH5N.CH4S/c1-3-28(25(29)24-15-22-8-4-5-9-23(22)26-24)18-21-7-6-14-27(17-21)16-20-12-10-19(2)11-13-20;2*1-2/h4-5,8-13,15,21,26H,3,6-7,14,16-18H2,1-2H3;2H2,1H3;2H,1H3. The number of carbonyl (C=O) groups excluding carboxylic acids is 1. The first kappa shape index (κ1) is 27.0. The molecule has 1 saturated heterocycles. The van der Waals surface area contributed by atoms with E-state index in [-0.39, 0.29) is 5.91 Å². The molecule has 1 unspecified atom stereocenters. The molecule has 180 valence electrons. The molecule has 2 heterocycles. The van der Waals surface area contributed by atoms with E-state index in [1.807, 2.05) is 35.2 Å². The van der Waals surface area contributed by atoms with Gasteiger partial charge in [-0.15, -0.1) is 0 Å². The Balaban J connectivity index is 0.000000914. The van der Waals surface area contributed by atoms with E-state index in [9.17, 15) is 4.79 Å². The minimum absolute atomic E-state index is 0.111. The molecule has 1 atom stereocenters. The summed E-state index contributed by atoms with van der Waals surface area (Å²) in [5.41, 5.74) is 8.89. The lowest BCUT2D eigenvalue weighted by atomic mass is 9.96. The van der Waals surface area contributed by atoms with Gasteiger partial charge < -0.3 is 15.6 Å². The van der Waals surface area contributed by atoms with Gasteiger partial charge >= 0.3 is 0 Å². The lowest BCUT2D eigenvalue weighted by Crippen LogP contribution is -2.42. The van der Waals surface area contributed by atoms with Crippen LogP contribution < -0.4 is 5.73 Å². The number of carbonyl (C=O) groups is 1. The molecule has 4 rings (SSSR count). The van der Waals surface area contributed by atoms with Crippen LogP contribution in [-0.2, 0) is 6.54 Å². The van der Waals surface area contributed by atoms with Crippen LogP contribution in [0.3, 0.4) is 0 Å². The Morgan fingerprint density at radius 2 is 1.85 bits per heavy atom. The number of para-hydroxylation sites is 1. The Kier molecular flexibility index (Phi) is 11.5. The molecule has 1 aliphatic heterocycles. The van der Waals surface area contributed by atoms with Gasteiger partial charge in [0.15, 0.2) is 0 Å². The largest absolute Gasteiger partial charge is 0.351 e. The molecule has 5 nitrogen and oxygen atoms in total. The first-order valence-corrected chi connectivity index (χ1v) is 12.7. The van der Waals surface area contributed by atoms with E-state index in [1.54, 1.807) is 6.26 Å². The van der Waals surface area contributed by atoms with Crippen molar-refractivity contribution in [1.29, 1.82) is 0 Å². The number of aryl methyl sites for hydroxylation is 1. The molecule has 6 heteroatoms. The number of H-pyrrole nitrogens is 1. The van der Waals surface area contributed by atoms with Crippen LogP contribution in [0.15, 0.2) is 54.6 Å². The summed E-state index contributed by atoms with van der Waals surface area (Å²) >= 11 is 3.53. The summed E-state index contributed by atoms with van der Waals surface area (Å²) in [6, 6.07) is 18.9. The number of fused-ring (bicyclic) bond motifs is 1. The predicted octanol–water partition coefficient (Wildman–Crippen LogP) is 4.97. The summed E-state index contributed by atoms with van der Waals surface area (Å²) in [5.74, 6) is 0.641. The van der Waals surface area contributed by atoms with Crippen LogP contribution in [0.2, 0.25) is 0 Å². The van der Waals surface area contributed by atoms with Gasteiger partial charge in [-0.2, -0.15) is 12.6 Å². The molecule has 0 saturated carbocycles. The van der Waals surface area contributed by atoms with E-state index in [0.717, 1.165) is 43.6 Å². The Morgan fingerprint density at radius 3 is 2.52 bits per heavy atom. The molecule has 33 heavy (non-hydrogen) atoms. The predicted molar refractivity (Wildman–Crippen MR) is 144 cm³/mol. The highest BCUT2D eigenvalue weighted by Gasteiger charge is 2.25. The molecule has 3 N–H and O–H groups in total. The van der Waals surface area contributed by atoms with Crippen molar-refractivity contribution in [2.75, 3.05) is 39.5 Å². The van der Waals surface area contributed by atoms with Gasteiger partial charge in [0.2, 0.25) is 0 Å². The number of nitrogens with one attached hydrogen (secondary N) is 1. The Labute approximate surface area is 204 Å². The Morgan fingerprint density at radius 1 is 1.15 bits per heavy atom. The van der Waals surface area contributed by atoms with E-state index < -0.39 is 0 Å². The van der Waals surface area contributed by atoms with Gasteiger partial charge in [-0.3, -0.25) is 9.69 Å². The summed E-state index contributed by atoms with van der Waals surface area (Å²) in [6.45, 7) is 8.98. The second-order valence-electron chi connectivity index (χ2n) is 8.34. The van der Waals surface area contributed by atoms with Crippen LogP contribution in [-0.4, -0.2) is 60.2 Å². The molecule has 1 amide bonds. The highest BCUT2D eigenvalue weighted by molar-refractivity contribution is 7.79. The average molecular weight is 469 g/mol. The monoisotopic (exact) mass is 468 g/mol. The van der Waals surface area contributed by atoms with Crippen molar-refractivity contribution in [2.45, 2.75) is 33.2 Å². The number of benzene rings is 2. The summed E-state index contributed by atoms with van der Waals surface area (Å²) < 4.78 is 0. The number of nitrogens with zero attached hydrogens (tertiary/aromatic N) is 2. The summed E-state index contributed by atoms with van der Waals surface area (Å²) in [4.78, 5) is 20.9. The van der Waals surface area contributed by atoms with E-state index in [0.29, 0.717) is 11.6 Å². The van der Waals surface area contributed by atoms with Crippen molar-refractivity contribution in [3.8, 4) is 0 Å². The van der Waals surface area contributed by atoms with E-state index in [1.165, 1.54) is 31.0 Å². The average Bonchev–Trinajstić information content (AvgIpc) is 3.31. The number of aromatic nitrogens is 1.